The summed E-state index contributed by atoms with van der Waals surface area (Å²) in [5, 5.41) is 7.27. The minimum atomic E-state index is -0.459. The second kappa shape index (κ2) is 8.26. The highest BCUT2D eigenvalue weighted by Gasteiger charge is 2.20. The zero-order valence-corrected chi connectivity index (χ0v) is 19.6. The normalized spacial score (nSPS) is 11.3. The van der Waals surface area contributed by atoms with Gasteiger partial charge in [-0.3, -0.25) is 14.2 Å². The molecule has 34 heavy (non-hydrogen) atoms. The molecule has 170 valence electrons. The summed E-state index contributed by atoms with van der Waals surface area (Å²) in [4.78, 5) is 30.9. The SMILES string of the molecule is Cc1cc(C)cc(NC(=O)c2nc3c(=O)n(Cc4ccccc4C)c4cc(C)ccc4n3n2)c1. The molecule has 1 amide bonds. The third kappa shape index (κ3) is 3.85. The van der Waals surface area contributed by atoms with E-state index in [1.165, 1.54) is 4.52 Å². The van der Waals surface area contributed by atoms with Crippen molar-refractivity contribution < 1.29 is 4.79 Å². The van der Waals surface area contributed by atoms with Gasteiger partial charge in [-0.2, -0.15) is 4.98 Å². The van der Waals surface area contributed by atoms with Gasteiger partial charge in [0.25, 0.3) is 11.5 Å². The number of fused-ring (bicyclic) bond motifs is 3. The Hall–Kier alpha value is -4.26. The Bertz CT molecular complexity index is 1620. The monoisotopic (exact) mass is 451 g/mol. The molecule has 0 radical (unpaired) electrons. The van der Waals surface area contributed by atoms with E-state index in [4.69, 9.17) is 0 Å². The van der Waals surface area contributed by atoms with Gasteiger partial charge in [-0.15, -0.1) is 5.10 Å². The molecule has 0 fully saturated rings. The minimum Gasteiger partial charge on any atom is -0.319 e. The second-order valence-corrected chi connectivity index (χ2v) is 8.81. The first-order valence-corrected chi connectivity index (χ1v) is 11.1. The fraction of sp³-hybridized carbons (Fsp3) is 0.185. The van der Waals surface area contributed by atoms with E-state index in [1.807, 2.05) is 88.4 Å². The summed E-state index contributed by atoms with van der Waals surface area (Å²) in [7, 11) is 0. The van der Waals surface area contributed by atoms with Crippen LogP contribution in [-0.4, -0.2) is 25.1 Å². The van der Waals surface area contributed by atoms with Crippen LogP contribution < -0.4 is 10.9 Å². The van der Waals surface area contributed by atoms with Gasteiger partial charge in [0, 0.05) is 5.69 Å². The zero-order chi connectivity index (χ0) is 24.0. The number of nitrogens with zero attached hydrogens (tertiary/aromatic N) is 4. The lowest BCUT2D eigenvalue weighted by atomic mass is 10.1. The maximum atomic E-state index is 13.6. The Morgan fingerprint density at radius 3 is 2.35 bits per heavy atom. The van der Waals surface area contributed by atoms with Crippen molar-refractivity contribution in [3.8, 4) is 0 Å². The first kappa shape index (κ1) is 21.6. The van der Waals surface area contributed by atoms with E-state index in [0.29, 0.717) is 17.7 Å². The molecule has 0 aliphatic rings. The number of aryl methyl sites for hydroxylation is 4. The largest absolute Gasteiger partial charge is 0.319 e. The van der Waals surface area contributed by atoms with Crippen LogP contribution in [0.4, 0.5) is 5.69 Å². The number of hydrogen-bond donors (Lipinski definition) is 1. The highest BCUT2D eigenvalue weighted by molar-refractivity contribution is 6.02. The van der Waals surface area contributed by atoms with Crippen molar-refractivity contribution in [2.24, 2.45) is 0 Å². The summed E-state index contributed by atoms with van der Waals surface area (Å²) in [6.45, 7) is 8.35. The molecule has 0 atom stereocenters. The predicted octanol–water partition coefficient (Wildman–Crippen LogP) is 4.58. The molecule has 0 aliphatic carbocycles. The third-order valence-electron chi connectivity index (χ3n) is 5.97. The summed E-state index contributed by atoms with van der Waals surface area (Å²) in [6.07, 6.45) is 0. The number of carbonyl (C=O) groups is 1. The van der Waals surface area contributed by atoms with Crippen molar-refractivity contribution in [2.45, 2.75) is 34.2 Å². The van der Waals surface area contributed by atoms with Crippen LogP contribution in [-0.2, 0) is 6.54 Å². The van der Waals surface area contributed by atoms with Crippen LogP contribution in [0.2, 0.25) is 0 Å². The number of benzene rings is 3. The Balaban J connectivity index is 1.65. The molecular weight excluding hydrogens is 426 g/mol. The van der Waals surface area contributed by atoms with Crippen LogP contribution in [0.3, 0.4) is 0 Å². The molecule has 2 aromatic heterocycles. The number of nitrogens with one attached hydrogen (secondary N) is 1. The van der Waals surface area contributed by atoms with Crippen molar-refractivity contribution >= 4 is 28.3 Å². The van der Waals surface area contributed by atoms with E-state index in [-0.39, 0.29) is 17.0 Å². The van der Waals surface area contributed by atoms with E-state index < -0.39 is 5.91 Å². The van der Waals surface area contributed by atoms with Crippen molar-refractivity contribution in [2.75, 3.05) is 5.32 Å². The Labute approximate surface area is 196 Å². The molecule has 3 aromatic carbocycles. The van der Waals surface area contributed by atoms with Gasteiger partial charge in [-0.1, -0.05) is 36.4 Å². The molecule has 0 spiro atoms. The molecule has 1 N–H and O–H groups in total. The molecule has 0 saturated carbocycles. The lowest BCUT2D eigenvalue weighted by Crippen LogP contribution is -2.24. The van der Waals surface area contributed by atoms with Gasteiger partial charge in [-0.25, -0.2) is 4.52 Å². The van der Waals surface area contributed by atoms with Crippen molar-refractivity contribution in [3.05, 3.63) is 105 Å². The Morgan fingerprint density at radius 1 is 0.882 bits per heavy atom. The molecule has 7 nitrogen and oxygen atoms in total. The van der Waals surface area contributed by atoms with Crippen LogP contribution in [0.1, 0.15) is 38.4 Å². The van der Waals surface area contributed by atoms with Gasteiger partial charge >= 0.3 is 0 Å². The molecule has 7 heteroatoms. The molecule has 0 saturated heterocycles. The second-order valence-electron chi connectivity index (χ2n) is 8.81. The molecule has 0 aliphatic heterocycles. The van der Waals surface area contributed by atoms with Gasteiger partial charge in [0.1, 0.15) is 0 Å². The average molecular weight is 452 g/mol. The highest BCUT2D eigenvalue weighted by atomic mass is 16.2. The Morgan fingerprint density at radius 2 is 1.62 bits per heavy atom. The molecular formula is C27H25N5O2. The fourth-order valence-corrected chi connectivity index (χ4v) is 4.32. The van der Waals surface area contributed by atoms with E-state index >= 15 is 0 Å². The van der Waals surface area contributed by atoms with Crippen LogP contribution in [0.25, 0.3) is 16.7 Å². The summed E-state index contributed by atoms with van der Waals surface area (Å²) >= 11 is 0. The molecule has 0 unspecified atom stereocenters. The minimum absolute atomic E-state index is 0.0493. The number of anilines is 1. The summed E-state index contributed by atoms with van der Waals surface area (Å²) in [6, 6.07) is 19.6. The number of aromatic nitrogens is 4. The number of amides is 1. The predicted molar refractivity (Wildman–Crippen MR) is 134 cm³/mol. The number of carbonyl (C=O) groups excluding carboxylic acids is 1. The topological polar surface area (TPSA) is 81.3 Å². The number of rotatable bonds is 4. The van der Waals surface area contributed by atoms with E-state index in [0.717, 1.165) is 33.3 Å². The first-order chi connectivity index (χ1) is 16.3. The summed E-state index contributed by atoms with van der Waals surface area (Å²) < 4.78 is 3.18. The summed E-state index contributed by atoms with van der Waals surface area (Å²) in [5.74, 6) is -0.509. The fourth-order valence-electron chi connectivity index (χ4n) is 4.32. The van der Waals surface area contributed by atoms with Gasteiger partial charge < -0.3 is 5.32 Å². The van der Waals surface area contributed by atoms with Crippen LogP contribution in [0.5, 0.6) is 0 Å². The molecule has 2 heterocycles. The zero-order valence-electron chi connectivity index (χ0n) is 19.6. The molecule has 5 rings (SSSR count). The quantitative estimate of drug-likeness (QED) is 0.434. The third-order valence-corrected chi connectivity index (χ3v) is 5.97. The first-order valence-electron chi connectivity index (χ1n) is 11.1. The van der Waals surface area contributed by atoms with Gasteiger partial charge in [0.05, 0.1) is 17.6 Å². The Kier molecular flexibility index (Phi) is 5.24. The maximum Gasteiger partial charge on any atom is 0.296 e. The van der Waals surface area contributed by atoms with Crippen LogP contribution >= 0.6 is 0 Å². The van der Waals surface area contributed by atoms with Crippen LogP contribution in [0, 0.1) is 27.7 Å². The number of hydrogen-bond acceptors (Lipinski definition) is 4. The van der Waals surface area contributed by atoms with E-state index in [2.05, 4.69) is 15.4 Å². The molecule has 5 aromatic rings. The van der Waals surface area contributed by atoms with E-state index in [1.54, 1.807) is 4.57 Å². The molecule has 0 bridgehead atoms. The highest BCUT2D eigenvalue weighted by Crippen LogP contribution is 2.19. The van der Waals surface area contributed by atoms with Crippen molar-refractivity contribution in [3.63, 3.8) is 0 Å². The van der Waals surface area contributed by atoms with Crippen molar-refractivity contribution in [1.29, 1.82) is 0 Å². The van der Waals surface area contributed by atoms with Gasteiger partial charge in [0.15, 0.2) is 0 Å². The van der Waals surface area contributed by atoms with Crippen molar-refractivity contribution in [1.82, 2.24) is 19.2 Å². The standard InChI is InChI=1S/C27H25N5O2/c1-16-9-10-22-23(14-16)31(15-20-8-6-5-7-19(20)4)27(34)25-29-24(30-32(22)25)26(33)28-21-12-17(2)11-18(3)13-21/h5-14H,15H2,1-4H3,(H,28,33). The van der Waals surface area contributed by atoms with Gasteiger partial charge in [-0.05, 0) is 79.8 Å². The van der Waals surface area contributed by atoms with E-state index in [9.17, 15) is 9.59 Å². The summed E-state index contributed by atoms with van der Waals surface area (Å²) in [5.41, 5.74) is 7.21. The van der Waals surface area contributed by atoms with Crippen LogP contribution in [0.15, 0.2) is 65.5 Å². The lowest BCUT2D eigenvalue weighted by molar-refractivity contribution is 0.101. The maximum absolute atomic E-state index is 13.6. The van der Waals surface area contributed by atoms with Gasteiger partial charge in [0.2, 0.25) is 11.5 Å². The lowest BCUT2D eigenvalue weighted by Gasteiger charge is -2.13. The smallest absolute Gasteiger partial charge is 0.296 e. The average Bonchev–Trinajstić information content (AvgIpc) is 3.23.